The molecule has 1 aromatic heterocycles. The van der Waals surface area contributed by atoms with Gasteiger partial charge in [-0.1, -0.05) is 41.6 Å². The molecular formula is C21H22F2N6OS. The van der Waals surface area contributed by atoms with Gasteiger partial charge in [0.25, 0.3) is 11.7 Å². The number of tetrazole rings is 1. The molecule has 0 saturated carbocycles. The lowest BCUT2D eigenvalue weighted by atomic mass is 10.2. The number of rotatable bonds is 6. The van der Waals surface area contributed by atoms with Crippen molar-refractivity contribution in [2.45, 2.75) is 24.1 Å². The summed E-state index contributed by atoms with van der Waals surface area (Å²) in [7, 11) is 0. The van der Waals surface area contributed by atoms with Crippen molar-refractivity contribution in [1.29, 1.82) is 0 Å². The number of carbonyl (C=O) groups excluding carboxylic acids is 1. The largest absolute Gasteiger partial charge is 0.336 e. The summed E-state index contributed by atoms with van der Waals surface area (Å²) in [5.41, 5.74) is 2.38. The standard InChI is InChI=1S/C21H22F2N6OS/c1-15-6-8-16(9-7-15)29-19(24-25-26-29)14-27-10-12-28(13-11-27)20(30)17-4-2-3-5-18(17)31-21(22)23/h2-9,21H,10-14H2,1H3. The molecule has 0 N–H and O–H groups in total. The number of piperazine rings is 1. The molecule has 0 atom stereocenters. The Morgan fingerprint density at radius 1 is 1.06 bits per heavy atom. The van der Waals surface area contributed by atoms with Gasteiger partial charge in [-0.05, 0) is 41.6 Å². The average molecular weight is 445 g/mol. The molecule has 1 saturated heterocycles. The number of aryl methyl sites for hydroxylation is 1. The van der Waals surface area contributed by atoms with Crippen LogP contribution in [0.15, 0.2) is 53.4 Å². The third-order valence-electron chi connectivity index (χ3n) is 5.17. The summed E-state index contributed by atoms with van der Waals surface area (Å²) in [6.07, 6.45) is 0. The Labute approximate surface area is 183 Å². The highest BCUT2D eigenvalue weighted by Crippen LogP contribution is 2.29. The maximum atomic E-state index is 12.9. The van der Waals surface area contributed by atoms with Crippen LogP contribution in [0.5, 0.6) is 0 Å². The summed E-state index contributed by atoms with van der Waals surface area (Å²) in [6.45, 7) is 4.90. The van der Waals surface area contributed by atoms with Crippen molar-refractivity contribution in [2.24, 2.45) is 0 Å². The summed E-state index contributed by atoms with van der Waals surface area (Å²) in [5, 5.41) is 12.1. The Hall–Kier alpha value is -2.85. The number of alkyl halides is 2. The van der Waals surface area contributed by atoms with E-state index in [1.54, 1.807) is 33.8 Å². The van der Waals surface area contributed by atoms with Crippen molar-refractivity contribution in [3.63, 3.8) is 0 Å². The minimum Gasteiger partial charge on any atom is -0.336 e. The monoisotopic (exact) mass is 444 g/mol. The number of halogens is 2. The second-order valence-electron chi connectivity index (χ2n) is 7.29. The molecule has 0 radical (unpaired) electrons. The maximum absolute atomic E-state index is 12.9. The van der Waals surface area contributed by atoms with Gasteiger partial charge >= 0.3 is 0 Å². The minimum atomic E-state index is -2.56. The first kappa shape index (κ1) is 21.4. The van der Waals surface area contributed by atoms with Crippen LogP contribution in [0.1, 0.15) is 21.7 Å². The number of amides is 1. The topological polar surface area (TPSA) is 67.2 Å². The van der Waals surface area contributed by atoms with Gasteiger partial charge in [0.1, 0.15) is 0 Å². The van der Waals surface area contributed by atoms with Gasteiger partial charge in [-0.25, -0.2) is 0 Å². The van der Waals surface area contributed by atoms with Gasteiger partial charge in [-0.15, -0.1) is 5.10 Å². The van der Waals surface area contributed by atoms with Gasteiger partial charge < -0.3 is 4.90 Å². The van der Waals surface area contributed by atoms with Crippen molar-refractivity contribution in [1.82, 2.24) is 30.0 Å². The maximum Gasteiger partial charge on any atom is 0.288 e. The Morgan fingerprint density at radius 2 is 1.77 bits per heavy atom. The molecule has 162 valence electrons. The van der Waals surface area contributed by atoms with E-state index in [1.807, 2.05) is 31.2 Å². The van der Waals surface area contributed by atoms with E-state index in [0.717, 1.165) is 17.1 Å². The first-order chi connectivity index (χ1) is 15.0. The molecule has 3 aromatic rings. The molecule has 1 amide bonds. The van der Waals surface area contributed by atoms with E-state index in [2.05, 4.69) is 20.4 Å². The van der Waals surface area contributed by atoms with Crippen LogP contribution in [-0.4, -0.2) is 67.9 Å². The SMILES string of the molecule is Cc1ccc(-n2nnnc2CN2CCN(C(=O)c3ccccc3SC(F)F)CC2)cc1. The molecule has 1 aliphatic heterocycles. The summed E-state index contributed by atoms with van der Waals surface area (Å²) in [4.78, 5) is 17.1. The second kappa shape index (κ2) is 9.52. The van der Waals surface area contributed by atoms with Gasteiger partial charge in [0.05, 0.1) is 17.8 Å². The van der Waals surface area contributed by atoms with Gasteiger partial charge in [0.15, 0.2) is 5.82 Å². The number of thioether (sulfide) groups is 1. The highest BCUT2D eigenvalue weighted by Gasteiger charge is 2.25. The molecule has 31 heavy (non-hydrogen) atoms. The molecule has 10 heteroatoms. The van der Waals surface area contributed by atoms with Gasteiger partial charge in [0.2, 0.25) is 0 Å². The first-order valence-corrected chi connectivity index (χ1v) is 10.8. The van der Waals surface area contributed by atoms with Gasteiger partial charge in [0, 0.05) is 31.1 Å². The minimum absolute atomic E-state index is 0.215. The quantitative estimate of drug-likeness (QED) is 0.544. The third kappa shape index (κ3) is 5.08. The summed E-state index contributed by atoms with van der Waals surface area (Å²) in [6, 6.07) is 14.5. The van der Waals surface area contributed by atoms with Crippen LogP contribution in [0, 0.1) is 6.92 Å². The number of hydrogen-bond acceptors (Lipinski definition) is 6. The van der Waals surface area contributed by atoms with E-state index < -0.39 is 5.76 Å². The van der Waals surface area contributed by atoms with Crippen LogP contribution >= 0.6 is 11.8 Å². The Morgan fingerprint density at radius 3 is 2.48 bits per heavy atom. The molecule has 7 nitrogen and oxygen atoms in total. The third-order valence-corrected chi connectivity index (χ3v) is 5.96. The highest BCUT2D eigenvalue weighted by atomic mass is 32.2. The van der Waals surface area contributed by atoms with Crippen LogP contribution in [0.2, 0.25) is 0 Å². The van der Waals surface area contributed by atoms with E-state index in [-0.39, 0.29) is 5.91 Å². The Bertz CT molecular complexity index is 1030. The molecule has 1 aliphatic rings. The molecule has 0 aliphatic carbocycles. The van der Waals surface area contributed by atoms with E-state index in [1.165, 1.54) is 0 Å². The van der Waals surface area contributed by atoms with Crippen molar-refractivity contribution in [3.8, 4) is 5.69 Å². The average Bonchev–Trinajstić information content (AvgIpc) is 3.22. The van der Waals surface area contributed by atoms with Crippen molar-refractivity contribution in [2.75, 3.05) is 26.2 Å². The zero-order valence-electron chi connectivity index (χ0n) is 17.0. The Kier molecular flexibility index (Phi) is 6.57. The van der Waals surface area contributed by atoms with Gasteiger partial charge in [-0.3, -0.25) is 9.69 Å². The molecular weight excluding hydrogens is 422 g/mol. The molecule has 2 aromatic carbocycles. The fraction of sp³-hybridized carbons (Fsp3) is 0.333. The van der Waals surface area contributed by atoms with Gasteiger partial charge in [-0.2, -0.15) is 13.5 Å². The van der Waals surface area contributed by atoms with Crippen LogP contribution in [0.3, 0.4) is 0 Å². The zero-order valence-corrected chi connectivity index (χ0v) is 17.8. The number of hydrogen-bond donors (Lipinski definition) is 0. The normalized spacial score (nSPS) is 14.9. The highest BCUT2D eigenvalue weighted by molar-refractivity contribution is 7.99. The molecule has 0 unspecified atom stereocenters. The molecule has 0 bridgehead atoms. The number of nitrogens with zero attached hydrogens (tertiary/aromatic N) is 6. The smallest absolute Gasteiger partial charge is 0.288 e. The lowest BCUT2D eigenvalue weighted by molar-refractivity contribution is 0.0621. The lowest BCUT2D eigenvalue weighted by Gasteiger charge is -2.34. The second-order valence-corrected chi connectivity index (χ2v) is 8.32. The fourth-order valence-electron chi connectivity index (χ4n) is 3.51. The predicted octanol–water partition coefficient (Wildman–Crippen LogP) is 3.24. The van der Waals surface area contributed by atoms with Crippen molar-refractivity contribution in [3.05, 3.63) is 65.5 Å². The molecule has 4 rings (SSSR count). The molecule has 1 fully saturated rings. The molecule has 0 spiro atoms. The zero-order chi connectivity index (χ0) is 21.8. The van der Waals surface area contributed by atoms with Crippen LogP contribution in [-0.2, 0) is 6.54 Å². The van der Waals surface area contributed by atoms with E-state index in [0.29, 0.717) is 54.9 Å². The van der Waals surface area contributed by atoms with Crippen LogP contribution in [0.25, 0.3) is 5.69 Å². The van der Waals surface area contributed by atoms with E-state index >= 15 is 0 Å². The molecule has 2 heterocycles. The van der Waals surface area contributed by atoms with Crippen LogP contribution in [0.4, 0.5) is 8.78 Å². The summed E-state index contributed by atoms with van der Waals surface area (Å²) >= 11 is 0.405. The number of benzene rings is 2. The Balaban J connectivity index is 1.39. The first-order valence-electron chi connectivity index (χ1n) is 9.91. The lowest BCUT2D eigenvalue weighted by Crippen LogP contribution is -2.48. The number of aromatic nitrogens is 4. The summed E-state index contributed by atoms with van der Waals surface area (Å²) in [5.74, 6) is -2.06. The number of carbonyl (C=O) groups is 1. The van der Waals surface area contributed by atoms with Crippen molar-refractivity contribution < 1.29 is 13.6 Å². The van der Waals surface area contributed by atoms with Crippen LogP contribution < -0.4 is 0 Å². The predicted molar refractivity (Wildman–Crippen MR) is 113 cm³/mol. The summed E-state index contributed by atoms with van der Waals surface area (Å²) < 4.78 is 27.4. The van der Waals surface area contributed by atoms with E-state index in [9.17, 15) is 13.6 Å². The van der Waals surface area contributed by atoms with E-state index in [4.69, 9.17) is 0 Å². The fourth-order valence-corrected chi connectivity index (χ4v) is 4.14. The van der Waals surface area contributed by atoms with Crippen molar-refractivity contribution >= 4 is 17.7 Å².